The predicted octanol–water partition coefficient (Wildman–Crippen LogP) is 4.33. The number of aliphatic hydroxyl groups is 1. The maximum Gasteiger partial charge on any atom is 0.290 e. The van der Waals surface area contributed by atoms with Gasteiger partial charge in [0.2, 0.25) is 5.78 Å². The number of carbonyl (C=O) groups excluding carboxylic acids is 2. The van der Waals surface area contributed by atoms with Crippen LogP contribution >= 0.6 is 0 Å². The molecule has 1 amide bonds. The first kappa shape index (κ1) is 20.9. The van der Waals surface area contributed by atoms with Crippen LogP contribution in [0, 0.1) is 6.92 Å². The van der Waals surface area contributed by atoms with Gasteiger partial charge in [0, 0.05) is 20.3 Å². The number of Topliss-reactive ketones (excluding diaryl/α,β-unsaturated/α-hetero) is 1. The Morgan fingerprint density at radius 1 is 1.21 bits per heavy atom. The molecular weight excluding hydrogens is 370 g/mol. The van der Waals surface area contributed by atoms with Gasteiger partial charge in [0.1, 0.15) is 5.76 Å². The summed E-state index contributed by atoms with van der Waals surface area (Å²) < 4.78 is 10.6. The van der Waals surface area contributed by atoms with E-state index in [4.69, 9.17) is 9.15 Å². The number of furan rings is 1. The first-order chi connectivity index (χ1) is 13.8. The molecule has 2 heterocycles. The van der Waals surface area contributed by atoms with Crippen LogP contribution in [0.4, 0.5) is 0 Å². The van der Waals surface area contributed by atoms with Crippen LogP contribution in [-0.4, -0.2) is 42.0 Å². The predicted molar refractivity (Wildman–Crippen MR) is 109 cm³/mol. The number of carbonyl (C=O) groups is 2. The molecule has 0 radical (unpaired) electrons. The highest BCUT2D eigenvalue weighted by Gasteiger charge is 2.44. The van der Waals surface area contributed by atoms with Gasteiger partial charge >= 0.3 is 0 Å². The normalized spacial score (nSPS) is 16.9. The standard InChI is InChI=1S/C23H27NO5/c1-14(2)16-7-9-17(10-8-16)20-19(21(25)18-11-6-15(3)29-18)22(26)23(27)24(20)12-5-13-28-4/h6-11,14,20,26H,5,12-13H2,1-4H3/t20-/m0/s1. The molecule has 29 heavy (non-hydrogen) atoms. The van der Waals surface area contributed by atoms with E-state index in [1.807, 2.05) is 24.3 Å². The molecule has 0 saturated heterocycles. The van der Waals surface area contributed by atoms with E-state index < -0.39 is 23.5 Å². The second-order valence-corrected chi connectivity index (χ2v) is 7.57. The Labute approximate surface area is 170 Å². The SMILES string of the molecule is COCCCN1C(=O)C(O)=C(C(=O)c2ccc(C)o2)[C@@H]1c1ccc(C(C)C)cc1. The van der Waals surface area contributed by atoms with Crippen molar-refractivity contribution in [2.75, 3.05) is 20.3 Å². The molecule has 1 N–H and O–H groups in total. The Morgan fingerprint density at radius 2 is 1.90 bits per heavy atom. The number of hydrogen-bond acceptors (Lipinski definition) is 5. The lowest BCUT2D eigenvalue weighted by molar-refractivity contribution is -0.129. The van der Waals surface area contributed by atoms with Crippen LogP contribution in [0.3, 0.4) is 0 Å². The zero-order valence-corrected chi connectivity index (χ0v) is 17.3. The summed E-state index contributed by atoms with van der Waals surface area (Å²) in [6.07, 6.45) is 0.595. The van der Waals surface area contributed by atoms with Gasteiger partial charge in [0.05, 0.1) is 11.6 Å². The summed E-state index contributed by atoms with van der Waals surface area (Å²) in [6, 6.07) is 10.4. The molecule has 1 aromatic carbocycles. The van der Waals surface area contributed by atoms with E-state index in [-0.39, 0.29) is 11.3 Å². The van der Waals surface area contributed by atoms with Crippen molar-refractivity contribution in [1.82, 2.24) is 4.90 Å². The quantitative estimate of drug-likeness (QED) is 0.530. The topological polar surface area (TPSA) is 80.0 Å². The van der Waals surface area contributed by atoms with Crippen LogP contribution in [0.2, 0.25) is 0 Å². The van der Waals surface area contributed by atoms with Crippen LogP contribution in [0.1, 0.15) is 59.7 Å². The molecule has 1 aliphatic rings. The summed E-state index contributed by atoms with van der Waals surface area (Å²) in [6.45, 7) is 6.78. The summed E-state index contributed by atoms with van der Waals surface area (Å²) in [5, 5.41) is 10.6. The van der Waals surface area contributed by atoms with Crippen molar-refractivity contribution in [3.05, 3.63) is 70.4 Å². The second-order valence-electron chi connectivity index (χ2n) is 7.57. The lowest BCUT2D eigenvalue weighted by atomic mass is 9.93. The summed E-state index contributed by atoms with van der Waals surface area (Å²) in [5.74, 6) is -0.476. The molecule has 0 bridgehead atoms. The molecular formula is C23H27NO5. The van der Waals surface area contributed by atoms with Gasteiger partial charge in [-0.2, -0.15) is 0 Å². The molecule has 2 aromatic rings. The van der Waals surface area contributed by atoms with Gasteiger partial charge in [0.25, 0.3) is 5.91 Å². The second kappa shape index (κ2) is 8.66. The van der Waals surface area contributed by atoms with E-state index in [2.05, 4.69) is 13.8 Å². The Morgan fingerprint density at radius 3 is 2.45 bits per heavy atom. The largest absolute Gasteiger partial charge is 0.503 e. The maximum absolute atomic E-state index is 13.1. The molecule has 6 nitrogen and oxygen atoms in total. The average Bonchev–Trinajstić information content (AvgIpc) is 3.24. The number of aryl methyl sites for hydroxylation is 1. The smallest absolute Gasteiger partial charge is 0.290 e. The van der Waals surface area contributed by atoms with E-state index in [1.54, 1.807) is 26.2 Å². The highest BCUT2D eigenvalue weighted by molar-refractivity contribution is 6.15. The highest BCUT2D eigenvalue weighted by Crippen LogP contribution is 2.39. The van der Waals surface area contributed by atoms with Crippen LogP contribution in [-0.2, 0) is 9.53 Å². The summed E-state index contributed by atoms with van der Waals surface area (Å²) >= 11 is 0. The Bertz CT molecular complexity index is 923. The molecule has 0 saturated carbocycles. The van der Waals surface area contributed by atoms with Gasteiger partial charge in [-0.05, 0) is 42.5 Å². The number of rotatable bonds is 8. The van der Waals surface area contributed by atoms with Crippen LogP contribution in [0.25, 0.3) is 0 Å². The monoisotopic (exact) mass is 397 g/mol. The number of benzene rings is 1. The third kappa shape index (κ3) is 4.12. The molecule has 154 valence electrons. The summed E-state index contributed by atoms with van der Waals surface area (Å²) in [4.78, 5) is 27.5. The zero-order chi connectivity index (χ0) is 21.1. The van der Waals surface area contributed by atoms with E-state index in [9.17, 15) is 14.7 Å². The van der Waals surface area contributed by atoms with Crippen molar-refractivity contribution >= 4 is 11.7 Å². The van der Waals surface area contributed by atoms with Crippen LogP contribution in [0.5, 0.6) is 0 Å². The first-order valence-electron chi connectivity index (χ1n) is 9.79. The minimum Gasteiger partial charge on any atom is -0.503 e. The molecule has 0 spiro atoms. The molecule has 0 aliphatic carbocycles. The van der Waals surface area contributed by atoms with Crippen molar-refractivity contribution < 1.29 is 23.8 Å². The van der Waals surface area contributed by atoms with Crippen molar-refractivity contribution in [2.45, 2.75) is 39.2 Å². The fourth-order valence-corrected chi connectivity index (χ4v) is 3.59. The molecule has 1 atom stereocenters. The third-order valence-corrected chi connectivity index (χ3v) is 5.18. The minimum absolute atomic E-state index is 0.0547. The number of ketones is 1. The van der Waals surface area contributed by atoms with Gasteiger partial charge < -0.3 is 19.2 Å². The Balaban J connectivity index is 2.02. The zero-order valence-electron chi connectivity index (χ0n) is 17.3. The van der Waals surface area contributed by atoms with Gasteiger partial charge in [-0.3, -0.25) is 9.59 Å². The maximum atomic E-state index is 13.1. The van der Waals surface area contributed by atoms with E-state index in [0.717, 1.165) is 11.1 Å². The first-order valence-corrected chi connectivity index (χ1v) is 9.79. The van der Waals surface area contributed by atoms with Crippen LogP contribution in [0.15, 0.2) is 52.1 Å². The van der Waals surface area contributed by atoms with E-state index >= 15 is 0 Å². The lowest BCUT2D eigenvalue weighted by Crippen LogP contribution is -2.32. The van der Waals surface area contributed by atoms with Crippen molar-refractivity contribution in [3.63, 3.8) is 0 Å². The molecule has 3 rings (SSSR count). The third-order valence-electron chi connectivity index (χ3n) is 5.18. The van der Waals surface area contributed by atoms with Crippen molar-refractivity contribution in [3.8, 4) is 0 Å². The van der Waals surface area contributed by atoms with E-state index in [1.165, 1.54) is 4.90 Å². The fraction of sp³-hybridized carbons (Fsp3) is 0.391. The Hall–Kier alpha value is -2.86. The molecule has 0 fully saturated rings. The van der Waals surface area contributed by atoms with E-state index in [0.29, 0.717) is 31.3 Å². The van der Waals surface area contributed by atoms with Crippen molar-refractivity contribution in [1.29, 1.82) is 0 Å². The molecule has 6 heteroatoms. The number of ether oxygens (including phenoxy) is 1. The molecule has 0 unspecified atom stereocenters. The number of hydrogen-bond donors (Lipinski definition) is 1. The minimum atomic E-state index is -0.668. The highest BCUT2D eigenvalue weighted by atomic mass is 16.5. The summed E-state index contributed by atoms with van der Waals surface area (Å²) in [7, 11) is 1.60. The Kier molecular flexibility index (Phi) is 6.23. The van der Waals surface area contributed by atoms with Gasteiger partial charge in [-0.15, -0.1) is 0 Å². The fourth-order valence-electron chi connectivity index (χ4n) is 3.59. The number of nitrogens with zero attached hydrogens (tertiary/aromatic N) is 1. The van der Waals surface area contributed by atoms with Gasteiger partial charge in [-0.25, -0.2) is 0 Å². The van der Waals surface area contributed by atoms with Crippen molar-refractivity contribution in [2.24, 2.45) is 0 Å². The summed E-state index contributed by atoms with van der Waals surface area (Å²) in [5.41, 5.74) is 1.99. The number of amides is 1. The number of aliphatic hydroxyl groups excluding tert-OH is 1. The van der Waals surface area contributed by atoms with Crippen LogP contribution < -0.4 is 0 Å². The van der Waals surface area contributed by atoms with Gasteiger partial charge in [-0.1, -0.05) is 38.1 Å². The number of methoxy groups -OCH3 is 1. The molecule has 1 aliphatic heterocycles. The van der Waals surface area contributed by atoms with Gasteiger partial charge in [0.15, 0.2) is 11.5 Å². The average molecular weight is 397 g/mol. The molecule has 1 aromatic heterocycles. The lowest BCUT2D eigenvalue weighted by Gasteiger charge is -2.27.